The second kappa shape index (κ2) is 8.52. The van der Waals surface area contributed by atoms with Gasteiger partial charge >= 0.3 is 6.09 Å². The molecule has 0 bridgehead atoms. The fourth-order valence-corrected chi connectivity index (χ4v) is 2.24. The fraction of sp³-hybridized carbons (Fsp3) is 0.176. The van der Waals surface area contributed by atoms with Gasteiger partial charge in [0, 0.05) is 11.3 Å². The van der Waals surface area contributed by atoms with Crippen LogP contribution in [0.1, 0.15) is 15.9 Å². The summed E-state index contributed by atoms with van der Waals surface area (Å²) in [6, 6.07) is 8.49. The van der Waals surface area contributed by atoms with Crippen LogP contribution in [0.5, 0.6) is 11.5 Å². The van der Waals surface area contributed by atoms with Crippen LogP contribution >= 0.6 is 0 Å². The van der Waals surface area contributed by atoms with Crippen LogP contribution in [0.2, 0.25) is 0 Å². The second-order valence-electron chi connectivity index (χ2n) is 5.24. The van der Waals surface area contributed by atoms with Crippen LogP contribution in [0.15, 0.2) is 36.4 Å². The number of ether oxygens (including phenoxy) is 3. The van der Waals surface area contributed by atoms with Gasteiger partial charge in [0.25, 0.3) is 5.69 Å². The summed E-state index contributed by atoms with van der Waals surface area (Å²) in [5.41, 5.74) is 5.52. The first kappa shape index (κ1) is 19.5. The molecular weight excluding hydrogens is 358 g/mol. The zero-order valence-electron chi connectivity index (χ0n) is 14.6. The molecule has 142 valence electrons. The highest BCUT2D eigenvalue weighted by molar-refractivity contribution is 5.95. The Morgan fingerprint density at radius 2 is 1.81 bits per heavy atom. The molecule has 10 nitrogen and oxygen atoms in total. The van der Waals surface area contributed by atoms with Crippen LogP contribution in [0, 0.1) is 10.1 Å². The molecule has 2 amide bonds. The number of carbonyl (C=O) groups excluding carboxylic acids is 2. The average Bonchev–Trinajstić information content (AvgIpc) is 2.65. The summed E-state index contributed by atoms with van der Waals surface area (Å²) in [5.74, 6) is -0.204. The minimum Gasteiger partial charge on any atom is -0.493 e. The molecule has 2 aromatic rings. The van der Waals surface area contributed by atoms with E-state index in [1.165, 1.54) is 50.6 Å². The molecule has 0 aliphatic rings. The predicted octanol–water partition coefficient (Wildman–Crippen LogP) is 2.46. The molecule has 0 aliphatic heterocycles. The van der Waals surface area contributed by atoms with Crippen LogP contribution in [0.4, 0.5) is 16.2 Å². The van der Waals surface area contributed by atoms with E-state index in [1.54, 1.807) is 0 Å². The monoisotopic (exact) mass is 375 g/mol. The molecular formula is C17H17N3O7. The van der Waals surface area contributed by atoms with Gasteiger partial charge < -0.3 is 19.9 Å². The van der Waals surface area contributed by atoms with Gasteiger partial charge in [-0.25, -0.2) is 4.79 Å². The number of rotatable bonds is 7. The maximum Gasteiger partial charge on any atom is 0.411 e. The van der Waals surface area contributed by atoms with Crippen LogP contribution in [-0.2, 0) is 11.3 Å². The molecule has 0 heterocycles. The van der Waals surface area contributed by atoms with Crippen molar-refractivity contribution in [2.75, 3.05) is 19.5 Å². The zero-order chi connectivity index (χ0) is 20.0. The van der Waals surface area contributed by atoms with Gasteiger partial charge in [-0.2, -0.15) is 0 Å². The van der Waals surface area contributed by atoms with Crippen molar-refractivity contribution in [3.8, 4) is 11.5 Å². The number of nitro benzene ring substituents is 1. The molecule has 27 heavy (non-hydrogen) atoms. The van der Waals surface area contributed by atoms with Gasteiger partial charge in [-0.3, -0.25) is 20.2 Å². The topological polar surface area (TPSA) is 143 Å². The lowest BCUT2D eigenvalue weighted by molar-refractivity contribution is -0.385. The minimum absolute atomic E-state index is 0.124. The molecule has 0 saturated heterocycles. The highest BCUT2D eigenvalue weighted by Crippen LogP contribution is 2.34. The maximum atomic E-state index is 12.0. The molecule has 3 N–H and O–H groups in total. The summed E-state index contributed by atoms with van der Waals surface area (Å²) >= 11 is 0. The molecule has 2 aromatic carbocycles. The minimum atomic E-state index is -0.860. The summed E-state index contributed by atoms with van der Waals surface area (Å²) < 4.78 is 15.2. The zero-order valence-corrected chi connectivity index (χ0v) is 14.6. The summed E-state index contributed by atoms with van der Waals surface area (Å²) in [6.45, 7) is -0.377. The normalized spacial score (nSPS) is 10.0. The van der Waals surface area contributed by atoms with Crippen molar-refractivity contribution in [3.63, 3.8) is 0 Å². The summed E-state index contributed by atoms with van der Waals surface area (Å²) in [7, 11) is 2.73. The van der Waals surface area contributed by atoms with E-state index in [1.807, 2.05) is 0 Å². The van der Waals surface area contributed by atoms with Crippen molar-refractivity contribution in [1.29, 1.82) is 0 Å². The Morgan fingerprint density at radius 3 is 2.41 bits per heavy atom. The Hall–Kier alpha value is -3.82. The van der Waals surface area contributed by atoms with Crippen LogP contribution in [-0.4, -0.2) is 31.1 Å². The number of hydrogen-bond donors (Lipinski definition) is 2. The molecule has 2 rings (SSSR count). The number of methoxy groups -OCH3 is 2. The van der Waals surface area contributed by atoms with Gasteiger partial charge in [0.05, 0.1) is 30.8 Å². The Kier molecular flexibility index (Phi) is 6.15. The number of benzene rings is 2. The lowest BCUT2D eigenvalue weighted by atomic mass is 10.1. The van der Waals surface area contributed by atoms with Crippen LogP contribution in [0.25, 0.3) is 0 Å². The Labute approximate surface area is 154 Å². The first-order valence-electron chi connectivity index (χ1n) is 7.58. The maximum absolute atomic E-state index is 12.0. The highest BCUT2D eigenvalue weighted by Gasteiger charge is 2.20. The lowest BCUT2D eigenvalue weighted by Gasteiger charge is -2.11. The van der Waals surface area contributed by atoms with E-state index in [2.05, 4.69) is 5.32 Å². The van der Waals surface area contributed by atoms with Crippen molar-refractivity contribution < 1.29 is 28.7 Å². The number of amides is 2. The molecule has 0 unspecified atom stereocenters. The van der Waals surface area contributed by atoms with E-state index < -0.39 is 16.9 Å². The SMILES string of the molecule is COc1cc(COC(=O)Nc2cccc(C(N)=O)c2)c([N+](=O)[O-])cc1OC. The van der Waals surface area contributed by atoms with Crippen LogP contribution < -0.4 is 20.5 Å². The number of nitrogens with two attached hydrogens (primary N) is 1. The van der Waals surface area contributed by atoms with Crippen molar-refractivity contribution >= 4 is 23.4 Å². The average molecular weight is 375 g/mol. The van der Waals surface area contributed by atoms with E-state index in [0.717, 1.165) is 0 Å². The number of nitro groups is 1. The van der Waals surface area contributed by atoms with Gasteiger partial charge in [-0.15, -0.1) is 0 Å². The van der Waals surface area contributed by atoms with Crippen molar-refractivity contribution in [1.82, 2.24) is 0 Å². The van der Waals surface area contributed by atoms with E-state index in [4.69, 9.17) is 19.9 Å². The number of primary amides is 1. The standard InChI is InChI=1S/C17H17N3O7/c1-25-14-7-11(13(20(23)24)8-15(14)26-2)9-27-17(22)19-12-5-3-4-10(6-12)16(18)21/h3-8H,9H2,1-2H3,(H2,18,21)(H,19,22). The third kappa shape index (κ3) is 4.84. The third-order valence-electron chi connectivity index (χ3n) is 3.53. The number of anilines is 1. The van der Waals surface area contributed by atoms with E-state index in [-0.39, 0.29) is 40.6 Å². The number of carbonyl (C=O) groups is 2. The van der Waals surface area contributed by atoms with Crippen molar-refractivity contribution in [2.45, 2.75) is 6.61 Å². The van der Waals surface area contributed by atoms with Gasteiger partial charge in [0.2, 0.25) is 5.91 Å². The molecule has 0 spiro atoms. The van der Waals surface area contributed by atoms with Crippen molar-refractivity contribution in [2.24, 2.45) is 5.73 Å². The van der Waals surface area contributed by atoms with Gasteiger partial charge in [-0.05, 0) is 24.3 Å². The summed E-state index contributed by atoms with van der Waals surface area (Å²) in [4.78, 5) is 33.7. The summed E-state index contributed by atoms with van der Waals surface area (Å²) in [5, 5.41) is 13.6. The van der Waals surface area contributed by atoms with Crippen molar-refractivity contribution in [3.05, 3.63) is 57.6 Å². The van der Waals surface area contributed by atoms with E-state index in [0.29, 0.717) is 0 Å². The number of nitrogens with zero attached hydrogens (tertiary/aromatic N) is 1. The molecule has 10 heteroatoms. The van der Waals surface area contributed by atoms with Crippen LogP contribution in [0.3, 0.4) is 0 Å². The van der Waals surface area contributed by atoms with E-state index >= 15 is 0 Å². The molecule has 0 saturated carbocycles. The molecule has 0 aromatic heterocycles. The largest absolute Gasteiger partial charge is 0.493 e. The fourth-order valence-electron chi connectivity index (χ4n) is 2.24. The Balaban J connectivity index is 2.13. The first-order valence-corrected chi connectivity index (χ1v) is 7.58. The molecule has 0 atom stereocenters. The quantitative estimate of drug-likeness (QED) is 0.559. The first-order chi connectivity index (χ1) is 12.8. The molecule has 0 radical (unpaired) electrons. The third-order valence-corrected chi connectivity index (χ3v) is 3.53. The number of nitrogens with one attached hydrogen (secondary N) is 1. The molecule has 0 fully saturated rings. The summed E-state index contributed by atoms with van der Waals surface area (Å²) in [6.07, 6.45) is -0.860. The number of hydrogen-bond acceptors (Lipinski definition) is 7. The Morgan fingerprint density at radius 1 is 1.15 bits per heavy atom. The lowest BCUT2D eigenvalue weighted by Crippen LogP contribution is -2.15. The smallest absolute Gasteiger partial charge is 0.411 e. The van der Waals surface area contributed by atoms with Gasteiger partial charge in [0.15, 0.2) is 11.5 Å². The highest BCUT2D eigenvalue weighted by atomic mass is 16.6. The second-order valence-corrected chi connectivity index (χ2v) is 5.24. The van der Waals surface area contributed by atoms with Gasteiger partial charge in [-0.1, -0.05) is 6.07 Å². The molecule has 0 aliphatic carbocycles. The van der Waals surface area contributed by atoms with E-state index in [9.17, 15) is 19.7 Å². The predicted molar refractivity (Wildman–Crippen MR) is 95.0 cm³/mol. The van der Waals surface area contributed by atoms with Gasteiger partial charge in [0.1, 0.15) is 6.61 Å². The Bertz CT molecular complexity index is 883.